The molecule has 0 saturated heterocycles. The fraction of sp³-hybridized carbons (Fsp3) is 0.947. The second kappa shape index (κ2) is 5.01. The largest absolute Gasteiger partial charge is 0.393 e. The molecule has 4 aliphatic carbocycles. The van der Waals surface area contributed by atoms with Crippen molar-refractivity contribution >= 4 is 5.78 Å². The number of carbonyl (C=O) groups is 1. The van der Waals surface area contributed by atoms with Crippen molar-refractivity contribution in [1.29, 1.82) is 0 Å². The van der Waals surface area contributed by atoms with Gasteiger partial charge in [0.1, 0.15) is 0 Å². The minimum absolute atomic E-state index is 0.0331. The van der Waals surface area contributed by atoms with Crippen LogP contribution in [0.15, 0.2) is 0 Å². The summed E-state index contributed by atoms with van der Waals surface area (Å²) in [5, 5.41) is 30.6. The van der Waals surface area contributed by atoms with Gasteiger partial charge in [-0.2, -0.15) is 0 Å². The van der Waals surface area contributed by atoms with Gasteiger partial charge in [0.25, 0.3) is 0 Å². The zero-order valence-corrected chi connectivity index (χ0v) is 14.5. The molecule has 0 radical (unpaired) electrons. The first-order chi connectivity index (χ1) is 11.1. The zero-order chi connectivity index (χ0) is 17.5. The Balaban J connectivity index is 1.74. The molecule has 0 aromatic carbocycles. The van der Waals surface area contributed by atoms with Crippen LogP contribution < -0.4 is 0 Å². The van der Waals surface area contributed by atoms with E-state index in [4.69, 9.17) is 0 Å². The first kappa shape index (κ1) is 16.9. The molecule has 5 heteroatoms. The number of aliphatic hydroxyl groups excluding tert-OH is 3. The second-order valence-electron chi connectivity index (χ2n) is 9.40. The number of Topliss-reactive ketones (excluding diaryl/α,β-unsaturated/α-hetero) is 1. The smallest absolute Gasteiger partial charge is 0.177 e. The number of hydrogen-bond acceptors (Lipinski definition) is 4. The lowest BCUT2D eigenvalue weighted by Crippen LogP contribution is -2.67. The van der Waals surface area contributed by atoms with Crippen LogP contribution in [0.2, 0.25) is 0 Å². The van der Waals surface area contributed by atoms with E-state index < -0.39 is 29.1 Å². The highest BCUT2D eigenvalue weighted by atomic mass is 19.1. The zero-order valence-electron chi connectivity index (χ0n) is 14.5. The van der Waals surface area contributed by atoms with E-state index in [2.05, 4.69) is 6.92 Å². The van der Waals surface area contributed by atoms with Gasteiger partial charge in [-0.15, -0.1) is 0 Å². The average molecular weight is 340 g/mol. The predicted molar refractivity (Wildman–Crippen MR) is 85.9 cm³/mol. The van der Waals surface area contributed by atoms with Gasteiger partial charge in [0.05, 0.1) is 18.3 Å². The molecule has 0 bridgehead atoms. The molecule has 136 valence electrons. The lowest BCUT2D eigenvalue weighted by atomic mass is 9.43. The first-order valence-corrected chi connectivity index (χ1v) is 9.40. The molecular weight excluding hydrogens is 311 g/mol. The Kier molecular flexibility index (Phi) is 3.54. The van der Waals surface area contributed by atoms with Gasteiger partial charge in [-0.3, -0.25) is 4.79 Å². The molecule has 0 heterocycles. The number of halogens is 1. The number of ketones is 1. The highest BCUT2D eigenvalue weighted by Crippen LogP contribution is 2.67. The molecule has 0 unspecified atom stereocenters. The maximum atomic E-state index is 15.8. The summed E-state index contributed by atoms with van der Waals surface area (Å²) in [5.41, 5.74) is -3.11. The van der Waals surface area contributed by atoms with Crippen LogP contribution in [0.3, 0.4) is 0 Å². The van der Waals surface area contributed by atoms with Gasteiger partial charge in [-0.1, -0.05) is 13.8 Å². The fourth-order valence-corrected chi connectivity index (χ4v) is 6.98. The Hall–Kier alpha value is -0.520. The van der Waals surface area contributed by atoms with Crippen LogP contribution in [0.1, 0.15) is 58.8 Å². The van der Waals surface area contributed by atoms with Crippen molar-refractivity contribution in [2.75, 3.05) is 0 Å². The lowest BCUT2D eigenvalue weighted by Gasteiger charge is -2.62. The maximum absolute atomic E-state index is 15.8. The van der Waals surface area contributed by atoms with Crippen LogP contribution in [0.5, 0.6) is 0 Å². The minimum Gasteiger partial charge on any atom is -0.393 e. The van der Waals surface area contributed by atoms with Crippen molar-refractivity contribution in [1.82, 2.24) is 0 Å². The van der Waals surface area contributed by atoms with E-state index in [1.807, 2.05) is 6.92 Å². The van der Waals surface area contributed by atoms with Gasteiger partial charge in [0, 0.05) is 18.3 Å². The van der Waals surface area contributed by atoms with Crippen LogP contribution in [0.25, 0.3) is 0 Å². The van der Waals surface area contributed by atoms with Crippen molar-refractivity contribution in [3.63, 3.8) is 0 Å². The summed E-state index contributed by atoms with van der Waals surface area (Å²) in [5.74, 6) is -0.0288. The van der Waals surface area contributed by atoms with Gasteiger partial charge >= 0.3 is 0 Å². The maximum Gasteiger partial charge on any atom is 0.177 e. The van der Waals surface area contributed by atoms with Crippen LogP contribution in [-0.4, -0.2) is 45.1 Å². The normalized spacial score (nSPS) is 60.3. The van der Waals surface area contributed by atoms with Gasteiger partial charge in [0.15, 0.2) is 11.5 Å². The molecule has 3 N–H and O–H groups in total. The van der Waals surface area contributed by atoms with Crippen molar-refractivity contribution in [3.05, 3.63) is 0 Å². The van der Waals surface area contributed by atoms with Gasteiger partial charge < -0.3 is 15.3 Å². The molecule has 4 fully saturated rings. The van der Waals surface area contributed by atoms with Gasteiger partial charge in [-0.25, -0.2) is 4.39 Å². The summed E-state index contributed by atoms with van der Waals surface area (Å²) >= 11 is 0. The van der Waals surface area contributed by atoms with E-state index >= 15 is 4.39 Å². The van der Waals surface area contributed by atoms with E-state index in [1.54, 1.807) is 0 Å². The first-order valence-electron chi connectivity index (χ1n) is 9.40. The third-order valence-corrected chi connectivity index (χ3v) is 8.54. The molecule has 0 spiro atoms. The third-order valence-electron chi connectivity index (χ3n) is 8.54. The summed E-state index contributed by atoms with van der Waals surface area (Å²) in [6.45, 7) is 3.93. The van der Waals surface area contributed by atoms with Crippen LogP contribution >= 0.6 is 0 Å². The molecule has 0 aliphatic heterocycles. The third kappa shape index (κ3) is 1.87. The number of rotatable bonds is 0. The van der Waals surface area contributed by atoms with E-state index in [0.717, 1.165) is 25.7 Å². The monoisotopic (exact) mass is 340 g/mol. The molecule has 0 aromatic heterocycles. The summed E-state index contributed by atoms with van der Waals surface area (Å²) in [4.78, 5) is 12.8. The van der Waals surface area contributed by atoms with Crippen LogP contribution in [0.4, 0.5) is 4.39 Å². The van der Waals surface area contributed by atoms with Crippen LogP contribution in [0, 0.1) is 28.6 Å². The summed E-state index contributed by atoms with van der Waals surface area (Å²) in [7, 11) is 0. The molecular formula is C19H29FO4. The van der Waals surface area contributed by atoms with Crippen molar-refractivity contribution in [2.24, 2.45) is 28.6 Å². The molecule has 4 saturated carbocycles. The Morgan fingerprint density at radius 1 is 1.00 bits per heavy atom. The summed E-state index contributed by atoms with van der Waals surface area (Å²) < 4.78 is 15.8. The number of hydrogen-bond donors (Lipinski definition) is 3. The number of carbonyl (C=O) groups excluding carboxylic acids is 1. The SMILES string of the molecule is C[C@]12CC[C@H]3[C@@H](CC(=O)[C@@]4(F)C[C@H](O)[C@H](O)C[C@]34C)[C@@H]1CC[C@@H]2O. The Morgan fingerprint density at radius 2 is 1.67 bits per heavy atom. The number of alkyl halides is 1. The highest BCUT2D eigenvalue weighted by molar-refractivity contribution is 5.90. The summed E-state index contributed by atoms with van der Waals surface area (Å²) in [6, 6.07) is 0. The standard InChI is InChI=1S/C19H29FO4/c1-17-6-5-12-10(11(17)3-4-15(17)23)7-16(24)19(20)9-14(22)13(21)8-18(12,19)2/h10-15,21-23H,3-9H2,1-2H3/t10-,11-,12-,13+,14-,15-,17-,18+,19-/m0/s1. The quantitative estimate of drug-likeness (QED) is 0.630. The highest BCUT2D eigenvalue weighted by Gasteiger charge is 2.69. The molecule has 24 heavy (non-hydrogen) atoms. The molecule has 4 nitrogen and oxygen atoms in total. The van der Waals surface area contributed by atoms with E-state index in [9.17, 15) is 20.1 Å². The van der Waals surface area contributed by atoms with E-state index in [1.165, 1.54) is 0 Å². The second-order valence-corrected chi connectivity index (χ2v) is 9.40. The number of fused-ring (bicyclic) bond motifs is 5. The van der Waals surface area contributed by atoms with E-state index in [-0.39, 0.29) is 48.5 Å². The fourth-order valence-electron chi connectivity index (χ4n) is 6.98. The topological polar surface area (TPSA) is 77.8 Å². The van der Waals surface area contributed by atoms with Crippen LogP contribution in [-0.2, 0) is 4.79 Å². The Morgan fingerprint density at radius 3 is 2.38 bits per heavy atom. The number of aliphatic hydroxyl groups is 3. The summed E-state index contributed by atoms with van der Waals surface area (Å²) in [6.07, 6.45) is 0.906. The molecule has 4 rings (SSSR count). The van der Waals surface area contributed by atoms with Gasteiger partial charge in [-0.05, 0) is 55.3 Å². The van der Waals surface area contributed by atoms with Gasteiger partial charge in [0.2, 0.25) is 0 Å². The molecule has 9 atom stereocenters. The molecule has 4 aliphatic rings. The van der Waals surface area contributed by atoms with Crippen molar-refractivity contribution < 1.29 is 24.5 Å². The minimum atomic E-state index is -2.03. The van der Waals surface area contributed by atoms with Crippen molar-refractivity contribution in [2.45, 2.75) is 82.8 Å². The van der Waals surface area contributed by atoms with E-state index in [0.29, 0.717) is 0 Å². The predicted octanol–water partition coefficient (Wildman–Crippen LogP) is 1.99. The molecule has 0 aromatic rings. The Labute approximate surface area is 142 Å². The van der Waals surface area contributed by atoms with Crippen molar-refractivity contribution in [3.8, 4) is 0 Å². The molecule has 0 amide bonds. The average Bonchev–Trinajstić information content (AvgIpc) is 2.80. The lowest BCUT2D eigenvalue weighted by molar-refractivity contribution is -0.209. The Bertz CT molecular complexity index is 568.